The molecule has 0 saturated heterocycles. The standard InChI is InChI=1S/C25H26N4O2S/c1-16-9-11-21(17(2)13-16)26-24(30)15-32-25-28-27-23(29(25)4)14-31-22-12-10-19-7-5-6-8-20(19)18(22)3/h5-13H,14-15H2,1-4H3,(H,26,30). The lowest BCUT2D eigenvalue weighted by Crippen LogP contribution is -2.15. The Morgan fingerprint density at radius 1 is 1.06 bits per heavy atom. The van der Waals surface area contributed by atoms with Crippen LogP contribution in [0.2, 0.25) is 0 Å². The summed E-state index contributed by atoms with van der Waals surface area (Å²) in [5.41, 5.74) is 4.15. The summed E-state index contributed by atoms with van der Waals surface area (Å²) < 4.78 is 7.91. The van der Waals surface area contributed by atoms with Gasteiger partial charge in [-0.05, 0) is 54.8 Å². The average molecular weight is 447 g/mol. The van der Waals surface area contributed by atoms with Crippen LogP contribution >= 0.6 is 11.8 Å². The van der Waals surface area contributed by atoms with Gasteiger partial charge in [-0.15, -0.1) is 10.2 Å². The summed E-state index contributed by atoms with van der Waals surface area (Å²) in [4.78, 5) is 12.4. The molecular weight excluding hydrogens is 420 g/mol. The molecule has 0 spiro atoms. The van der Waals surface area contributed by atoms with Crippen molar-refractivity contribution >= 4 is 34.1 Å². The molecule has 0 aliphatic rings. The minimum absolute atomic E-state index is 0.0745. The number of nitrogens with one attached hydrogen (secondary N) is 1. The molecule has 0 aliphatic heterocycles. The lowest BCUT2D eigenvalue weighted by atomic mass is 10.0. The molecule has 0 bridgehead atoms. The zero-order valence-electron chi connectivity index (χ0n) is 18.7. The fourth-order valence-corrected chi connectivity index (χ4v) is 4.30. The molecule has 0 atom stereocenters. The van der Waals surface area contributed by atoms with Gasteiger partial charge >= 0.3 is 0 Å². The van der Waals surface area contributed by atoms with Gasteiger partial charge in [0.15, 0.2) is 11.0 Å². The van der Waals surface area contributed by atoms with Crippen molar-refractivity contribution in [2.75, 3.05) is 11.1 Å². The molecule has 1 aromatic heterocycles. The van der Waals surface area contributed by atoms with Crippen molar-refractivity contribution in [1.29, 1.82) is 0 Å². The quantitative estimate of drug-likeness (QED) is 0.395. The van der Waals surface area contributed by atoms with E-state index in [4.69, 9.17) is 4.74 Å². The van der Waals surface area contributed by atoms with Crippen LogP contribution in [0.3, 0.4) is 0 Å². The first kappa shape index (κ1) is 21.9. The van der Waals surface area contributed by atoms with Crippen molar-refractivity contribution in [1.82, 2.24) is 14.8 Å². The van der Waals surface area contributed by atoms with Crippen LogP contribution in [0, 0.1) is 20.8 Å². The Labute approximate surface area is 192 Å². The summed E-state index contributed by atoms with van der Waals surface area (Å²) in [7, 11) is 1.89. The molecule has 7 heteroatoms. The van der Waals surface area contributed by atoms with Crippen LogP contribution in [-0.4, -0.2) is 26.4 Å². The third-order valence-corrected chi connectivity index (χ3v) is 6.44. The number of aromatic nitrogens is 3. The van der Waals surface area contributed by atoms with E-state index in [1.54, 1.807) is 0 Å². The molecule has 1 heterocycles. The van der Waals surface area contributed by atoms with Crippen LogP contribution in [-0.2, 0) is 18.4 Å². The minimum Gasteiger partial charge on any atom is -0.485 e. The van der Waals surface area contributed by atoms with Crippen LogP contribution in [0.1, 0.15) is 22.5 Å². The Morgan fingerprint density at radius 2 is 1.88 bits per heavy atom. The highest BCUT2D eigenvalue weighted by atomic mass is 32.2. The third-order valence-electron chi connectivity index (χ3n) is 5.42. The molecule has 0 aliphatic carbocycles. The maximum atomic E-state index is 12.4. The number of carbonyl (C=O) groups excluding carboxylic acids is 1. The van der Waals surface area contributed by atoms with Crippen molar-refractivity contribution in [3.8, 4) is 5.75 Å². The van der Waals surface area contributed by atoms with E-state index in [9.17, 15) is 4.79 Å². The van der Waals surface area contributed by atoms with E-state index in [1.807, 2.05) is 55.8 Å². The first-order chi connectivity index (χ1) is 15.4. The molecular formula is C25H26N4O2S. The molecule has 1 N–H and O–H groups in total. The Hall–Kier alpha value is -3.32. The third kappa shape index (κ3) is 4.78. The van der Waals surface area contributed by atoms with E-state index < -0.39 is 0 Å². The summed E-state index contributed by atoms with van der Waals surface area (Å²) >= 11 is 1.35. The number of rotatable bonds is 7. The Kier molecular flexibility index (Phi) is 6.46. The maximum absolute atomic E-state index is 12.4. The summed E-state index contributed by atoms with van der Waals surface area (Å²) in [6, 6.07) is 18.3. The van der Waals surface area contributed by atoms with E-state index in [1.165, 1.54) is 28.1 Å². The zero-order chi connectivity index (χ0) is 22.7. The molecule has 164 valence electrons. The predicted molar refractivity (Wildman–Crippen MR) is 129 cm³/mol. The second-order valence-electron chi connectivity index (χ2n) is 7.81. The fraction of sp³-hybridized carbons (Fsp3) is 0.240. The number of anilines is 1. The minimum atomic E-state index is -0.0745. The monoisotopic (exact) mass is 446 g/mol. The number of carbonyl (C=O) groups is 1. The van der Waals surface area contributed by atoms with Gasteiger partial charge in [0.2, 0.25) is 5.91 Å². The van der Waals surface area contributed by atoms with Crippen LogP contribution < -0.4 is 10.1 Å². The first-order valence-corrected chi connectivity index (χ1v) is 11.4. The largest absolute Gasteiger partial charge is 0.485 e. The highest BCUT2D eigenvalue weighted by Gasteiger charge is 2.13. The summed E-state index contributed by atoms with van der Waals surface area (Å²) in [5.74, 6) is 1.71. The van der Waals surface area contributed by atoms with Crippen LogP contribution in [0.4, 0.5) is 5.69 Å². The Morgan fingerprint density at radius 3 is 2.69 bits per heavy atom. The number of ether oxygens (including phenoxy) is 1. The van der Waals surface area contributed by atoms with Crippen molar-refractivity contribution in [3.63, 3.8) is 0 Å². The molecule has 1 amide bonds. The van der Waals surface area contributed by atoms with Gasteiger partial charge in [-0.25, -0.2) is 0 Å². The normalized spacial score (nSPS) is 11.0. The lowest BCUT2D eigenvalue weighted by molar-refractivity contribution is -0.113. The summed E-state index contributed by atoms with van der Waals surface area (Å²) in [6.07, 6.45) is 0. The van der Waals surface area contributed by atoms with Gasteiger partial charge in [0.1, 0.15) is 12.4 Å². The van der Waals surface area contributed by atoms with Crippen molar-refractivity contribution < 1.29 is 9.53 Å². The summed E-state index contributed by atoms with van der Waals surface area (Å²) in [6.45, 7) is 6.38. The van der Waals surface area contributed by atoms with Gasteiger partial charge in [0, 0.05) is 12.7 Å². The van der Waals surface area contributed by atoms with E-state index in [0.717, 1.165) is 22.6 Å². The number of amides is 1. The number of hydrogen-bond donors (Lipinski definition) is 1. The van der Waals surface area contributed by atoms with Gasteiger partial charge in [-0.3, -0.25) is 4.79 Å². The van der Waals surface area contributed by atoms with Gasteiger partial charge < -0.3 is 14.6 Å². The van der Waals surface area contributed by atoms with Gasteiger partial charge in [0.25, 0.3) is 0 Å². The summed E-state index contributed by atoms with van der Waals surface area (Å²) in [5, 5.41) is 14.5. The molecule has 3 aromatic carbocycles. The molecule has 0 unspecified atom stereocenters. The number of benzene rings is 3. The van der Waals surface area contributed by atoms with Crippen molar-refractivity contribution in [2.24, 2.45) is 7.05 Å². The SMILES string of the molecule is Cc1ccc(NC(=O)CSc2nnc(COc3ccc4ccccc4c3C)n2C)c(C)c1. The Bertz CT molecular complexity index is 1280. The van der Waals surface area contributed by atoms with Gasteiger partial charge in [-0.2, -0.15) is 0 Å². The van der Waals surface area contributed by atoms with Crippen molar-refractivity contribution in [3.05, 3.63) is 77.1 Å². The predicted octanol–water partition coefficient (Wildman–Crippen LogP) is 5.20. The number of aryl methyl sites for hydroxylation is 3. The highest BCUT2D eigenvalue weighted by Crippen LogP contribution is 2.28. The van der Waals surface area contributed by atoms with E-state index in [2.05, 4.69) is 46.7 Å². The maximum Gasteiger partial charge on any atom is 0.234 e. The van der Waals surface area contributed by atoms with E-state index in [0.29, 0.717) is 17.6 Å². The molecule has 4 rings (SSSR count). The second kappa shape index (κ2) is 9.44. The second-order valence-corrected chi connectivity index (χ2v) is 8.75. The number of hydrogen-bond acceptors (Lipinski definition) is 5. The topological polar surface area (TPSA) is 69.0 Å². The number of thioether (sulfide) groups is 1. The number of nitrogens with zero attached hydrogens (tertiary/aromatic N) is 3. The first-order valence-electron chi connectivity index (χ1n) is 10.4. The highest BCUT2D eigenvalue weighted by molar-refractivity contribution is 7.99. The Balaban J connectivity index is 1.36. The van der Waals surface area contributed by atoms with E-state index >= 15 is 0 Å². The number of fused-ring (bicyclic) bond motifs is 1. The molecule has 0 fully saturated rings. The molecule has 6 nitrogen and oxygen atoms in total. The van der Waals surface area contributed by atoms with E-state index in [-0.39, 0.29) is 11.7 Å². The van der Waals surface area contributed by atoms with Gasteiger partial charge in [-0.1, -0.05) is 59.8 Å². The molecule has 32 heavy (non-hydrogen) atoms. The molecule has 4 aromatic rings. The lowest BCUT2D eigenvalue weighted by Gasteiger charge is -2.11. The van der Waals surface area contributed by atoms with Crippen LogP contribution in [0.25, 0.3) is 10.8 Å². The molecule has 0 radical (unpaired) electrons. The molecule has 0 saturated carbocycles. The smallest absolute Gasteiger partial charge is 0.234 e. The van der Waals surface area contributed by atoms with Crippen LogP contribution in [0.5, 0.6) is 5.75 Å². The van der Waals surface area contributed by atoms with Gasteiger partial charge in [0.05, 0.1) is 5.75 Å². The van der Waals surface area contributed by atoms with Crippen LogP contribution in [0.15, 0.2) is 59.8 Å². The van der Waals surface area contributed by atoms with Crippen molar-refractivity contribution in [2.45, 2.75) is 32.5 Å². The fourth-order valence-electron chi connectivity index (χ4n) is 3.57. The average Bonchev–Trinajstić information content (AvgIpc) is 3.13. The zero-order valence-corrected chi connectivity index (χ0v) is 19.5.